The van der Waals surface area contributed by atoms with Crippen LogP contribution in [0.25, 0.3) is 0 Å². The SMILES string of the molecule is Cc1nc(Cl)ccc1NC(C)c1ccc(F)c(Cl)c1. The first kappa shape index (κ1) is 14.1. The molecule has 1 atom stereocenters. The highest BCUT2D eigenvalue weighted by molar-refractivity contribution is 6.30. The number of anilines is 1. The van der Waals surface area contributed by atoms with E-state index in [1.54, 1.807) is 18.2 Å². The minimum absolute atomic E-state index is 0.0141. The molecule has 19 heavy (non-hydrogen) atoms. The average Bonchev–Trinajstić information content (AvgIpc) is 2.36. The smallest absolute Gasteiger partial charge is 0.141 e. The van der Waals surface area contributed by atoms with Crippen molar-refractivity contribution >= 4 is 28.9 Å². The fraction of sp³-hybridized carbons (Fsp3) is 0.214. The first-order valence-corrected chi connectivity index (χ1v) is 6.57. The van der Waals surface area contributed by atoms with Gasteiger partial charge in [-0.15, -0.1) is 0 Å². The lowest BCUT2D eigenvalue weighted by Gasteiger charge is -2.17. The van der Waals surface area contributed by atoms with Gasteiger partial charge in [0, 0.05) is 6.04 Å². The number of pyridine rings is 1. The minimum atomic E-state index is -0.415. The Labute approximate surface area is 121 Å². The van der Waals surface area contributed by atoms with Gasteiger partial charge in [0.05, 0.1) is 16.4 Å². The Morgan fingerprint density at radius 3 is 2.58 bits per heavy atom. The van der Waals surface area contributed by atoms with Crippen molar-refractivity contribution in [3.8, 4) is 0 Å². The van der Waals surface area contributed by atoms with E-state index in [-0.39, 0.29) is 11.1 Å². The third-order valence-electron chi connectivity index (χ3n) is 2.87. The Bertz CT molecular complexity index is 602. The van der Waals surface area contributed by atoms with Crippen LogP contribution in [-0.2, 0) is 0 Å². The van der Waals surface area contributed by atoms with Gasteiger partial charge in [0.1, 0.15) is 11.0 Å². The lowest BCUT2D eigenvalue weighted by atomic mass is 10.1. The highest BCUT2D eigenvalue weighted by Gasteiger charge is 2.10. The van der Waals surface area contributed by atoms with Crippen LogP contribution in [0.3, 0.4) is 0 Å². The summed E-state index contributed by atoms with van der Waals surface area (Å²) in [4.78, 5) is 4.17. The van der Waals surface area contributed by atoms with Crippen molar-refractivity contribution in [2.75, 3.05) is 5.32 Å². The molecule has 0 aliphatic heterocycles. The summed E-state index contributed by atoms with van der Waals surface area (Å²) in [6.07, 6.45) is 0. The standard InChI is InChI=1S/C14H13Cl2FN2/c1-8(10-3-4-12(17)11(15)7-10)18-13-5-6-14(16)19-9(13)2/h3-8,18H,1-2H3. The number of rotatable bonds is 3. The molecule has 0 amide bonds. The van der Waals surface area contributed by atoms with Gasteiger partial charge in [0.15, 0.2) is 0 Å². The summed E-state index contributed by atoms with van der Waals surface area (Å²) in [6, 6.07) is 8.26. The molecule has 0 fully saturated rings. The zero-order valence-corrected chi connectivity index (χ0v) is 12.1. The van der Waals surface area contributed by atoms with Crippen LogP contribution >= 0.6 is 23.2 Å². The van der Waals surface area contributed by atoms with Crippen molar-refractivity contribution < 1.29 is 4.39 Å². The molecule has 0 aliphatic carbocycles. The molecular weight excluding hydrogens is 286 g/mol. The number of aryl methyl sites for hydroxylation is 1. The Kier molecular flexibility index (Phi) is 4.27. The van der Waals surface area contributed by atoms with Gasteiger partial charge in [-0.1, -0.05) is 29.3 Å². The second-order valence-corrected chi connectivity index (χ2v) is 5.10. The van der Waals surface area contributed by atoms with E-state index in [1.807, 2.05) is 19.9 Å². The quantitative estimate of drug-likeness (QED) is 0.806. The molecule has 0 saturated carbocycles. The van der Waals surface area contributed by atoms with Crippen LogP contribution in [0.4, 0.5) is 10.1 Å². The molecule has 0 aliphatic rings. The zero-order valence-electron chi connectivity index (χ0n) is 10.5. The summed E-state index contributed by atoms with van der Waals surface area (Å²) >= 11 is 11.6. The molecule has 5 heteroatoms. The topological polar surface area (TPSA) is 24.9 Å². The van der Waals surface area contributed by atoms with Crippen LogP contribution in [0.15, 0.2) is 30.3 Å². The fourth-order valence-electron chi connectivity index (χ4n) is 1.78. The number of hydrogen-bond acceptors (Lipinski definition) is 2. The largest absolute Gasteiger partial charge is 0.377 e. The molecule has 0 saturated heterocycles. The van der Waals surface area contributed by atoms with Crippen molar-refractivity contribution in [3.05, 3.63) is 57.6 Å². The number of benzene rings is 1. The van der Waals surface area contributed by atoms with Crippen LogP contribution in [0.2, 0.25) is 10.2 Å². The molecule has 1 unspecified atom stereocenters. The van der Waals surface area contributed by atoms with E-state index in [0.29, 0.717) is 5.15 Å². The van der Waals surface area contributed by atoms with E-state index < -0.39 is 5.82 Å². The molecule has 2 aromatic rings. The monoisotopic (exact) mass is 298 g/mol. The zero-order chi connectivity index (χ0) is 14.0. The predicted molar refractivity (Wildman–Crippen MR) is 77.4 cm³/mol. The third-order valence-corrected chi connectivity index (χ3v) is 3.37. The van der Waals surface area contributed by atoms with Crippen molar-refractivity contribution in [2.45, 2.75) is 19.9 Å². The van der Waals surface area contributed by atoms with Crippen LogP contribution < -0.4 is 5.32 Å². The number of aromatic nitrogens is 1. The molecule has 2 nitrogen and oxygen atoms in total. The average molecular weight is 299 g/mol. The highest BCUT2D eigenvalue weighted by atomic mass is 35.5. The second kappa shape index (κ2) is 5.76. The van der Waals surface area contributed by atoms with Gasteiger partial charge in [0.25, 0.3) is 0 Å². The maximum absolute atomic E-state index is 13.1. The number of nitrogens with one attached hydrogen (secondary N) is 1. The van der Waals surface area contributed by atoms with Gasteiger partial charge in [-0.3, -0.25) is 0 Å². The van der Waals surface area contributed by atoms with E-state index in [4.69, 9.17) is 23.2 Å². The second-order valence-electron chi connectivity index (χ2n) is 4.31. The molecule has 1 N–H and O–H groups in total. The molecule has 100 valence electrons. The van der Waals surface area contributed by atoms with Gasteiger partial charge in [-0.05, 0) is 43.7 Å². The Hall–Kier alpha value is -1.32. The molecule has 0 radical (unpaired) electrons. The van der Waals surface area contributed by atoms with Crippen molar-refractivity contribution in [1.29, 1.82) is 0 Å². The van der Waals surface area contributed by atoms with E-state index in [1.165, 1.54) is 6.07 Å². The molecule has 1 aromatic carbocycles. The summed E-state index contributed by atoms with van der Waals surface area (Å²) in [7, 11) is 0. The predicted octanol–water partition coefficient (Wildman–Crippen LogP) is 5.01. The van der Waals surface area contributed by atoms with E-state index in [0.717, 1.165) is 16.9 Å². The Balaban J connectivity index is 2.20. The van der Waals surface area contributed by atoms with E-state index in [2.05, 4.69) is 10.3 Å². The number of halogens is 3. The van der Waals surface area contributed by atoms with Gasteiger partial charge >= 0.3 is 0 Å². The third kappa shape index (κ3) is 3.37. The normalized spacial score (nSPS) is 12.3. The summed E-state index contributed by atoms with van der Waals surface area (Å²) < 4.78 is 13.1. The van der Waals surface area contributed by atoms with Gasteiger partial charge < -0.3 is 5.32 Å². The van der Waals surface area contributed by atoms with E-state index >= 15 is 0 Å². The Morgan fingerprint density at radius 2 is 1.95 bits per heavy atom. The highest BCUT2D eigenvalue weighted by Crippen LogP contribution is 2.25. The summed E-state index contributed by atoms with van der Waals surface area (Å²) in [6.45, 7) is 3.84. The van der Waals surface area contributed by atoms with Crippen molar-refractivity contribution in [1.82, 2.24) is 4.98 Å². The van der Waals surface area contributed by atoms with E-state index in [9.17, 15) is 4.39 Å². The molecule has 1 aromatic heterocycles. The fourth-order valence-corrected chi connectivity index (χ4v) is 2.16. The lowest BCUT2D eigenvalue weighted by molar-refractivity contribution is 0.627. The van der Waals surface area contributed by atoms with Crippen molar-refractivity contribution in [3.63, 3.8) is 0 Å². The molecule has 0 bridgehead atoms. The van der Waals surface area contributed by atoms with Crippen molar-refractivity contribution in [2.24, 2.45) is 0 Å². The number of hydrogen-bond donors (Lipinski definition) is 1. The maximum Gasteiger partial charge on any atom is 0.141 e. The Morgan fingerprint density at radius 1 is 1.21 bits per heavy atom. The first-order valence-electron chi connectivity index (χ1n) is 5.82. The van der Waals surface area contributed by atoms with Crippen LogP contribution in [0.5, 0.6) is 0 Å². The maximum atomic E-state index is 13.1. The molecule has 0 spiro atoms. The first-order chi connectivity index (χ1) is 8.97. The lowest BCUT2D eigenvalue weighted by Crippen LogP contribution is -2.08. The summed E-state index contributed by atoms with van der Waals surface area (Å²) in [5.41, 5.74) is 2.60. The molecular formula is C14H13Cl2FN2. The molecule has 1 heterocycles. The van der Waals surface area contributed by atoms with Gasteiger partial charge in [0.2, 0.25) is 0 Å². The van der Waals surface area contributed by atoms with Gasteiger partial charge in [-0.25, -0.2) is 9.37 Å². The van der Waals surface area contributed by atoms with Crippen LogP contribution in [0, 0.1) is 12.7 Å². The molecule has 2 rings (SSSR count). The van der Waals surface area contributed by atoms with Crippen LogP contribution in [0.1, 0.15) is 24.2 Å². The number of nitrogens with zero attached hydrogens (tertiary/aromatic N) is 1. The van der Waals surface area contributed by atoms with Crippen LogP contribution in [-0.4, -0.2) is 4.98 Å². The summed E-state index contributed by atoms with van der Waals surface area (Å²) in [5.74, 6) is -0.415. The minimum Gasteiger partial charge on any atom is -0.377 e. The summed E-state index contributed by atoms with van der Waals surface area (Å²) in [5, 5.41) is 3.88. The van der Waals surface area contributed by atoms with Gasteiger partial charge in [-0.2, -0.15) is 0 Å².